The lowest BCUT2D eigenvalue weighted by molar-refractivity contribution is 0.261. The van der Waals surface area contributed by atoms with E-state index in [0.717, 1.165) is 36.1 Å². The highest BCUT2D eigenvalue weighted by atomic mass is 35.5. The number of piperidine rings is 1. The number of pyridine rings is 1. The molecule has 0 spiro atoms. The molecule has 1 saturated heterocycles. The average molecular weight is 278 g/mol. The molecule has 19 heavy (non-hydrogen) atoms. The largest absolute Gasteiger partial charge is 0.364 e. The molecule has 0 aliphatic carbocycles. The Hall–Kier alpha value is -1.46. The predicted molar refractivity (Wildman–Crippen MR) is 76.5 cm³/mol. The average Bonchev–Trinajstić information content (AvgIpc) is 2.42. The van der Waals surface area contributed by atoms with Crippen molar-refractivity contribution < 1.29 is 0 Å². The summed E-state index contributed by atoms with van der Waals surface area (Å²) in [6, 6.07) is 2.27. The fourth-order valence-electron chi connectivity index (χ4n) is 2.55. The van der Waals surface area contributed by atoms with Crippen LogP contribution < -0.4 is 5.32 Å². The van der Waals surface area contributed by atoms with E-state index in [1.807, 2.05) is 6.07 Å². The Bertz CT molecular complexity index is 588. The molecule has 3 heterocycles. The third-order valence-corrected chi connectivity index (χ3v) is 3.78. The second-order valence-electron chi connectivity index (χ2n) is 5.01. The van der Waals surface area contributed by atoms with Crippen LogP contribution in [0.3, 0.4) is 0 Å². The molecule has 100 valence electrons. The van der Waals surface area contributed by atoms with Crippen LogP contribution in [0.15, 0.2) is 18.5 Å². The third-order valence-electron chi connectivity index (χ3n) is 3.50. The standard InChI is InChI=1S/C13H16ClN5/c1-19-6-2-3-9(8-19)16-13-11-7-15-5-4-10(11)12(14)17-18-13/h4-5,7,9H,2-3,6,8H2,1H3,(H,16,18)/t9-/m1/s1. The molecule has 5 nitrogen and oxygen atoms in total. The number of fused-ring (bicyclic) bond motifs is 1. The highest BCUT2D eigenvalue weighted by Crippen LogP contribution is 2.26. The van der Waals surface area contributed by atoms with E-state index in [4.69, 9.17) is 11.6 Å². The number of hydrogen-bond acceptors (Lipinski definition) is 5. The first kappa shape index (κ1) is 12.6. The summed E-state index contributed by atoms with van der Waals surface area (Å²) in [4.78, 5) is 6.47. The monoisotopic (exact) mass is 277 g/mol. The Kier molecular flexibility index (Phi) is 3.48. The lowest BCUT2D eigenvalue weighted by Gasteiger charge is -2.30. The Morgan fingerprint density at radius 3 is 3.11 bits per heavy atom. The van der Waals surface area contributed by atoms with Gasteiger partial charge in [-0.05, 0) is 32.5 Å². The van der Waals surface area contributed by atoms with Crippen molar-refractivity contribution in [3.8, 4) is 0 Å². The van der Waals surface area contributed by atoms with Gasteiger partial charge in [-0.25, -0.2) is 0 Å². The number of nitrogens with zero attached hydrogens (tertiary/aromatic N) is 4. The van der Waals surface area contributed by atoms with Crippen molar-refractivity contribution in [3.05, 3.63) is 23.6 Å². The van der Waals surface area contributed by atoms with E-state index in [0.29, 0.717) is 11.2 Å². The lowest BCUT2D eigenvalue weighted by atomic mass is 10.1. The molecule has 2 aromatic rings. The molecule has 1 aliphatic rings. The van der Waals surface area contributed by atoms with E-state index in [1.54, 1.807) is 12.4 Å². The maximum Gasteiger partial charge on any atom is 0.159 e. The SMILES string of the molecule is CN1CCC[C@@H](Nc2nnc(Cl)c3ccncc23)C1. The number of hydrogen-bond donors (Lipinski definition) is 1. The molecular weight excluding hydrogens is 262 g/mol. The Morgan fingerprint density at radius 2 is 2.26 bits per heavy atom. The van der Waals surface area contributed by atoms with Gasteiger partial charge in [0.25, 0.3) is 0 Å². The van der Waals surface area contributed by atoms with E-state index < -0.39 is 0 Å². The third kappa shape index (κ3) is 2.62. The van der Waals surface area contributed by atoms with Crippen LogP contribution in [0.1, 0.15) is 12.8 Å². The summed E-state index contributed by atoms with van der Waals surface area (Å²) in [7, 11) is 2.14. The van der Waals surface area contributed by atoms with Gasteiger partial charge < -0.3 is 10.2 Å². The molecule has 0 saturated carbocycles. The van der Waals surface area contributed by atoms with E-state index >= 15 is 0 Å². The van der Waals surface area contributed by atoms with Crippen LogP contribution in [0.5, 0.6) is 0 Å². The second-order valence-corrected chi connectivity index (χ2v) is 5.36. The van der Waals surface area contributed by atoms with Gasteiger partial charge >= 0.3 is 0 Å². The van der Waals surface area contributed by atoms with Gasteiger partial charge in [-0.1, -0.05) is 11.6 Å². The first-order valence-corrected chi connectivity index (χ1v) is 6.83. The minimum atomic E-state index is 0.401. The van der Waals surface area contributed by atoms with Gasteiger partial charge in [0.2, 0.25) is 0 Å². The first-order valence-electron chi connectivity index (χ1n) is 6.45. The smallest absolute Gasteiger partial charge is 0.159 e. The van der Waals surface area contributed by atoms with Crippen molar-refractivity contribution in [2.24, 2.45) is 0 Å². The minimum absolute atomic E-state index is 0.401. The topological polar surface area (TPSA) is 53.9 Å². The van der Waals surface area contributed by atoms with Gasteiger partial charge in [0, 0.05) is 35.8 Å². The van der Waals surface area contributed by atoms with Crippen molar-refractivity contribution in [3.63, 3.8) is 0 Å². The summed E-state index contributed by atoms with van der Waals surface area (Å²) in [6.07, 6.45) is 5.85. The normalized spacial score (nSPS) is 20.6. The molecule has 1 fully saturated rings. The van der Waals surface area contributed by atoms with Crippen LogP contribution >= 0.6 is 11.6 Å². The molecule has 3 rings (SSSR count). The van der Waals surface area contributed by atoms with Gasteiger partial charge in [-0.2, -0.15) is 0 Å². The number of likely N-dealkylation sites (tertiary alicyclic amines) is 1. The molecule has 0 amide bonds. The molecule has 0 bridgehead atoms. The summed E-state index contributed by atoms with van der Waals surface area (Å²) < 4.78 is 0. The van der Waals surface area contributed by atoms with Crippen LogP contribution in [0.2, 0.25) is 5.15 Å². The highest BCUT2D eigenvalue weighted by Gasteiger charge is 2.18. The van der Waals surface area contributed by atoms with Gasteiger partial charge in [0.1, 0.15) is 0 Å². The van der Waals surface area contributed by atoms with Crippen LogP contribution in [-0.4, -0.2) is 46.3 Å². The second kappa shape index (κ2) is 5.27. The van der Waals surface area contributed by atoms with Crippen LogP contribution in [0.25, 0.3) is 10.8 Å². The number of likely N-dealkylation sites (N-methyl/N-ethyl adjacent to an activating group) is 1. The van der Waals surface area contributed by atoms with Crippen molar-refractivity contribution in [1.82, 2.24) is 20.1 Å². The molecule has 1 atom stereocenters. The zero-order chi connectivity index (χ0) is 13.2. The Balaban J connectivity index is 1.90. The quantitative estimate of drug-likeness (QED) is 0.912. The van der Waals surface area contributed by atoms with Gasteiger partial charge in [0.15, 0.2) is 11.0 Å². The van der Waals surface area contributed by atoms with E-state index in [2.05, 4.69) is 32.4 Å². The van der Waals surface area contributed by atoms with E-state index in [1.165, 1.54) is 6.42 Å². The molecular formula is C13H16ClN5. The summed E-state index contributed by atoms with van der Waals surface area (Å²) in [6.45, 7) is 2.18. The van der Waals surface area contributed by atoms with Crippen LogP contribution in [-0.2, 0) is 0 Å². The maximum absolute atomic E-state index is 6.06. The Morgan fingerprint density at radius 1 is 1.37 bits per heavy atom. The lowest BCUT2D eigenvalue weighted by Crippen LogP contribution is -2.40. The van der Waals surface area contributed by atoms with Crippen LogP contribution in [0.4, 0.5) is 5.82 Å². The number of halogens is 1. The number of nitrogens with one attached hydrogen (secondary N) is 1. The van der Waals surface area contributed by atoms with E-state index in [-0.39, 0.29) is 0 Å². The maximum atomic E-state index is 6.06. The fraction of sp³-hybridized carbons (Fsp3) is 0.462. The first-order chi connectivity index (χ1) is 9.24. The molecule has 0 radical (unpaired) electrons. The summed E-state index contributed by atoms with van der Waals surface area (Å²) in [5, 5.41) is 13.9. The molecule has 6 heteroatoms. The van der Waals surface area contributed by atoms with Crippen LogP contribution in [0, 0.1) is 0 Å². The highest BCUT2D eigenvalue weighted by molar-refractivity contribution is 6.34. The summed E-state index contributed by atoms with van der Waals surface area (Å²) in [5.74, 6) is 0.771. The summed E-state index contributed by atoms with van der Waals surface area (Å²) in [5.41, 5.74) is 0. The zero-order valence-electron chi connectivity index (χ0n) is 10.8. The molecule has 0 aromatic carbocycles. The van der Waals surface area contributed by atoms with Gasteiger partial charge in [0.05, 0.1) is 0 Å². The molecule has 1 N–H and O–H groups in total. The summed E-state index contributed by atoms with van der Waals surface area (Å²) >= 11 is 6.06. The van der Waals surface area contributed by atoms with Crippen molar-refractivity contribution in [2.75, 3.05) is 25.5 Å². The number of aromatic nitrogens is 3. The van der Waals surface area contributed by atoms with Crippen molar-refractivity contribution in [2.45, 2.75) is 18.9 Å². The fourth-order valence-corrected chi connectivity index (χ4v) is 2.75. The van der Waals surface area contributed by atoms with Gasteiger partial charge in [-0.15, -0.1) is 10.2 Å². The van der Waals surface area contributed by atoms with Crippen molar-refractivity contribution in [1.29, 1.82) is 0 Å². The minimum Gasteiger partial charge on any atom is -0.364 e. The molecule has 1 aliphatic heterocycles. The zero-order valence-corrected chi connectivity index (χ0v) is 11.6. The number of anilines is 1. The predicted octanol–water partition coefficient (Wildman–Crippen LogP) is 2.18. The Labute approximate surface area is 117 Å². The van der Waals surface area contributed by atoms with Gasteiger partial charge in [-0.3, -0.25) is 4.98 Å². The molecule has 0 unspecified atom stereocenters. The molecule has 2 aromatic heterocycles. The van der Waals surface area contributed by atoms with E-state index in [9.17, 15) is 0 Å². The van der Waals surface area contributed by atoms with Crippen molar-refractivity contribution >= 4 is 28.2 Å². The number of rotatable bonds is 2.